The summed E-state index contributed by atoms with van der Waals surface area (Å²) in [6.07, 6.45) is 0. The molecule has 0 aliphatic carbocycles. The molecule has 2 aromatic heterocycles. The van der Waals surface area contributed by atoms with Crippen molar-refractivity contribution in [1.29, 1.82) is 0 Å². The molecule has 0 amide bonds. The Kier molecular flexibility index (Phi) is 7.32. The van der Waals surface area contributed by atoms with Crippen molar-refractivity contribution >= 4 is 49.9 Å². The van der Waals surface area contributed by atoms with E-state index in [1.165, 1.54) is 27.4 Å². The number of imidazole rings is 1. The number of benzene rings is 7. The first kappa shape index (κ1) is 30.7. The summed E-state index contributed by atoms with van der Waals surface area (Å²) < 4.78 is 4.62. The smallest absolute Gasteiger partial charge is 0.145 e. The third kappa shape index (κ3) is 5.37. The highest BCUT2D eigenvalue weighted by atomic mass is 15.1. The topological polar surface area (TPSA) is 26.0 Å². The molecule has 0 saturated carbocycles. The molecule has 0 aliphatic heterocycles. The van der Waals surface area contributed by atoms with Gasteiger partial charge < -0.3 is 9.47 Å². The first-order valence-electron chi connectivity index (χ1n) is 17.6. The zero-order chi connectivity index (χ0) is 34.5. The second kappa shape index (κ2) is 12.2. The molecular weight excluding hydrogens is 621 g/mol. The van der Waals surface area contributed by atoms with Crippen molar-refractivity contribution in [3.8, 4) is 22.8 Å². The Balaban J connectivity index is 1.15. The number of rotatable bonds is 6. The van der Waals surface area contributed by atoms with Gasteiger partial charge in [-0.15, -0.1) is 0 Å². The third-order valence-corrected chi connectivity index (χ3v) is 9.90. The molecule has 0 saturated heterocycles. The van der Waals surface area contributed by atoms with Gasteiger partial charge in [0, 0.05) is 44.8 Å². The van der Waals surface area contributed by atoms with Gasteiger partial charge >= 0.3 is 0 Å². The normalized spacial score (nSPS) is 11.8. The highest BCUT2D eigenvalue weighted by molar-refractivity contribution is 6.09. The second-order valence-corrected chi connectivity index (χ2v) is 14.2. The van der Waals surface area contributed by atoms with Gasteiger partial charge in [0.15, 0.2) is 0 Å². The third-order valence-electron chi connectivity index (χ3n) is 9.90. The van der Waals surface area contributed by atoms with Crippen LogP contribution >= 0.6 is 0 Å². The molecule has 7 aromatic carbocycles. The van der Waals surface area contributed by atoms with Gasteiger partial charge in [0.1, 0.15) is 5.82 Å². The van der Waals surface area contributed by atoms with Gasteiger partial charge in [-0.05, 0) is 108 Å². The number of aromatic nitrogens is 3. The molecule has 0 N–H and O–H groups in total. The Morgan fingerprint density at radius 2 is 0.902 bits per heavy atom. The summed E-state index contributed by atoms with van der Waals surface area (Å²) in [5, 5.41) is 2.53. The van der Waals surface area contributed by atoms with Gasteiger partial charge in [-0.3, -0.25) is 4.57 Å². The first-order valence-corrected chi connectivity index (χ1v) is 17.6. The number of para-hydroxylation sites is 5. The van der Waals surface area contributed by atoms with E-state index in [9.17, 15) is 0 Å². The van der Waals surface area contributed by atoms with Crippen LogP contribution in [0.2, 0.25) is 0 Å². The Bertz CT molecular complexity index is 2590. The van der Waals surface area contributed by atoms with E-state index in [1.807, 2.05) is 6.07 Å². The first-order chi connectivity index (χ1) is 24.9. The maximum absolute atomic E-state index is 5.11. The minimum absolute atomic E-state index is 0.0686. The quantitative estimate of drug-likeness (QED) is 0.178. The standard InChI is InChI=1S/C47H38N4/c1-47(2,3)34-23-27-37(28-24-34)49(38-29-31-39(32-30-38)50-43-18-10-7-15-40(43)41-16-8-11-19-44(41)50)36-25-21-33(22-26-36)46-48-42-17-9-12-20-45(42)51(46)35-13-5-4-6-14-35/h4-32H,1-3H3. The van der Waals surface area contributed by atoms with Crippen LogP contribution in [-0.4, -0.2) is 14.1 Å². The van der Waals surface area contributed by atoms with Gasteiger partial charge in [0.25, 0.3) is 0 Å². The molecule has 0 bridgehead atoms. The Hall–Kier alpha value is -6.39. The van der Waals surface area contributed by atoms with Crippen LogP contribution < -0.4 is 4.90 Å². The molecule has 0 aliphatic rings. The fourth-order valence-corrected chi connectivity index (χ4v) is 7.33. The van der Waals surface area contributed by atoms with Crippen LogP contribution in [-0.2, 0) is 5.41 Å². The maximum Gasteiger partial charge on any atom is 0.145 e. The molecule has 0 spiro atoms. The van der Waals surface area contributed by atoms with E-state index in [1.54, 1.807) is 0 Å². The molecular formula is C47H38N4. The van der Waals surface area contributed by atoms with Crippen LogP contribution in [0.1, 0.15) is 26.3 Å². The predicted octanol–water partition coefficient (Wildman–Crippen LogP) is 12.6. The van der Waals surface area contributed by atoms with Crippen molar-refractivity contribution in [1.82, 2.24) is 14.1 Å². The van der Waals surface area contributed by atoms with Crippen LogP contribution in [0.25, 0.3) is 55.6 Å². The van der Waals surface area contributed by atoms with Gasteiger partial charge in [0.05, 0.1) is 22.1 Å². The van der Waals surface area contributed by atoms with Crippen LogP contribution in [0.4, 0.5) is 17.1 Å². The summed E-state index contributed by atoms with van der Waals surface area (Å²) in [5.41, 5.74) is 12.4. The fraction of sp³-hybridized carbons (Fsp3) is 0.0851. The SMILES string of the molecule is CC(C)(C)c1ccc(N(c2ccc(-c3nc4ccccc4n3-c3ccccc3)cc2)c2ccc(-n3c4ccccc4c4ccccc43)cc2)cc1. The van der Waals surface area contributed by atoms with E-state index in [4.69, 9.17) is 4.98 Å². The summed E-state index contributed by atoms with van der Waals surface area (Å²) in [4.78, 5) is 7.45. The number of hydrogen-bond acceptors (Lipinski definition) is 2. The molecule has 0 unspecified atom stereocenters. The fourth-order valence-electron chi connectivity index (χ4n) is 7.33. The van der Waals surface area contributed by atoms with Crippen molar-refractivity contribution in [3.63, 3.8) is 0 Å². The average molecular weight is 659 g/mol. The molecule has 2 heterocycles. The van der Waals surface area contributed by atoms with Crippen molar-refractivity contribution in [2.45, 2.75) is 26.2 Å². The summed E-state index contributed by atoms with van der Waals surface area (Å²) in [6.45, 7) is 6.78. The minimum atomic E-state index is 0.0686. The van der Waals surface area contributed by atoms with Crippen molar-refractivity contribution in [2.75, 3.05) is 4.90 Å². The Morgan fingerprint density at radius 3 is 1.49 bits per heavy atom. The molecule has 0 atom stereocenters. The van der Waals surface area contributed by atoms with E-state index in [0.29, 0.717) is 0 Å². The maximum atomic E-state index is 5.11. The Morgan fingerprint density at radius 1 is 0.431 bits per heavy atom. The van der Waals surface area contributed by atoms with Crippen LogP contribution in [0.3, 0.4) is 0 Å². The lowest BCUT2D eigenvalue weighted by Crippen LogP contribution is -2.13. The molecule has 4 nitrogen and oxygen atoms in total. The van der Waals surface area contributed by atoms with E-state index in [2.05, 4.69) is 205 Å². The zero-order valence-electron chi connectivity index (χ0n) is 29.0. The summed E-state index contributed by atoms with van der Waals surface area (Å²) in [6, 6.07) is 62.9. The molecule has 0 radical (unpaired) electrons. The monoisotopic (exact) mass is 658 g/mol. The van der Waals surface area contributed by atoms with E-state index in [0.717, 1.165) is 50.9 Å². The molecule has 0 fully saturated rings. The van der Waals surface area contributed by atoms with Crippen molar-refractivity contribution in [3.05, 3.63) is 181 Å². The zero-order valence-corrected chi connectivity index (χ0v) is 29.0. The van der Waals surface area contributed by atoms with Crippen molar-refractivity contribution < 1.29 is 0 Å². The Labute approximate surface area is 298 Å². The molecule has 246 valence electrons. The van der Waals surface area contributed by atoms with E-state index < -0.39 is 0 Å². The lowest BCUT2D eigenvalue weighted by Gasteiger charge is -2.27. The highest BCUT2D eigenvalue weighted by Crippen LogP contribution is 2.39. The second-order valence-electron chi connectivity index (χ2n) is 14.2. The van der Waals surface area contributed by atoms with Crippen LogP contribution in [0.15, 0.2) is 176 Å². The lowest BCUT2D eigenvalue weighted by molar-refractivity contribution is 0.590. The van der Waals surface area contributed by atoms with Gasteiger partial charge in [-0.25, -0.2) is 4.98 Å². The molecule has 51 heavy (non-hydrogen) atoms. The van der Waals surface area contributed by atoms with Crippen molar-refractivity contribution in [2.24, 2.45) is 0 Å². The van der Waals surface area contributed by atoms with Gasteiger partial charge in [-0.1, -0.05) is 99.6 Å². The lowest BCUT2D eigenvalue weighted by atomic mass is 9.87. The number of nitrogens with zero attached hydrogens (tertiary/aromatic N) is 4. The predicted molar refractivity (Wildman–Crippen MR) is 214 cm³/mol. The molecule has 9 aromatic rings. The van der Waals surface area contributed by atoms with Gasteiger partial charge in [0.2, 0.25) is 0 Å². The van der Waals surface area contributed by atoms with Crippen LogP contribution in [0, 0.1) is 0 Å². The van der Waals surface area contributed by atoms with Crippen LogP contribution in [0.5, 0.6) is 0 Å². The minimum Gasteiger partial charge on any atom is -0.311 e. The average Bonchev–Trinajstić information content (AvgIpc) is 3.72. The van der Waals surface area contributed by atoms with E-state index in [-0.39, 0.29) is 5.41 Å². The number of anilines is 3. The summed E-state index contributed by atoms with van der Waals surface area (Å²) in [5.74, 6) is 0.922. The number of fused-ring (bicyclic) bond motifs is 4. The molecule has 9 rings (SSSR count). The highest BCUT2D eigenvalue weighted by Gasteiger charge is 2.19. The summed E-state index contributed by atoms with van der Waals surface area (Å²) in [7, 11) is 0. The largest absolute Gasteiger partial charge is 0.311 e. The summed E-state index contributed by atoms with van der Waals surface area (Å²) >= 11 is 0. The van der Waals surface area contributed by atoms with Gasteiger partial charge in [-0.2, -0.15) is 0 Å². The molecule has 4 heteroatoms. The number of hydrogen-bond donors (Lipinski definition) is 0. The van der Waals surface area contributed by atoms with E-state index >= 15 is 0 Å².